The Bertz CT molecular complexity index is 1480. The zero-order valence-corrected chi connectivity index (χ0v) is 17.5. The van der Waals surface area contributed by atoms with Gasteiger partial charge in [-0.05, 0) is 66.1 Å². The number of aromatic amines is 1. The van der Waals surface area contributed by atoms with Gasteiger partial charge < -0.3 is 14.9 Å². The van der Waals surface area contributed by atoms with Crippen molar-refractivity contribution < 1.29 is 4.39 Å². The van der Waals surface area contributed by atoms with Gasteiger partial charge in [0.25, 0.3) is 0 Å². The molecule has 5 heterocycles. The number of H-pyrrole nitrogens is 1. The first kappa shape index (κ1) is 19.0. The molecule has 5 nitrogen and oxygen atoms in total. The van der Waals surface area contributed by atoms with Crippen LogP contribution in [0.25, 0.3) is 38.8 Å². The molecule has 0 bridgehead atoms. The smallest absolute Gasteiger partial charge is 0.138 e. The Kier molecular flexibility index (Phi) is 4.58. The topological polar surface area (TPSA) is 58.5 Å². The van der Waals surface area contributed by atoms with Gasteiger partial charge in [-0.3, -0.25) is 4.98 Å². The molecule has 0 unspecified atom stereocenters. The number of benzene rings is 1. The number of pyridine rings is 2. The molecule has 2 N–H and O–H groups in total. The highest BCUT2D eigenvalue weighted by atomic mass is 19.1. The number of fused-ring (bicyclic) bond motifs is 2. The van der Waals surface area contributed by atoms with Crippen molar-refractivity contribution in [2.75, 3.05) is 13.1 Å². The molecule has 32 heavy (non-hydrogen) atoms. The molecule has 0 saturated heterocycles. The molecular formula is C26H22FN5. The fourth-order valence-electron chi connectivity index (χ4n) is 4.50. The monoisotopic (exact) mass is 423 g/mol. The molecule has 0 aliphatic carbocycles. The van der Waals surface area contributed by atoms with Crippen molar-refractivity contribution in [2.24, 2.45) is 0 Å². The van der Waals surface area contributed by atoms with Crippen molar-refractivity contribution in [3.63, 3.8) is 0 Å². The minimum atomic E-state index is -0.218. The van der Waals surface area contributed by atoms with Crippen LogP contribution in [-0.4, -0.2) is 32.6 Å². The SMILES string of the molecule is Fc1cccc(Cn2ccc3ncc(-c4ccnc5[nH]c(C6=CCNCC6)cc45)cc32)c1. The summed E-state index contributed by atoms with van der Waals surface area (Å²) in [5, 5.41) is 4.45. The van der Waals surface area contributed by atoms with Crippen LogP contribution in [0.4, 0.5) is 4.39 Å². The van der Waals surface area contributed by atoms with Crippen molar-refractivity contribution in [2.45, 2.75) is 13.0 Å². The lowest BCUT2D eigenvalue weighted by atomic mass is 10.0. The summed E-state index contributed by atoms with van der Waals surface area (Å²) in [5.41, 5.74) is 8.33. The summed E-state index contributed by atoms with van der Waals surface area (Å²) in [6.45, 7) is 2.48. The van der Waals surface area contributed by atoms with E-state index in [-0.39, 0.29) is 5.82 Å². The second-order valence-corrected chi connectivity index (χ2v) is 8.19. The van der Waals surface area contributed by atoms with Gasteiger partial charge >= 0.3 is 0 Å². The lowest BCUT2D eigenvalue weighted by molar-refractivity contribution is 0.624. The molecule has 1 aliphatic heterocycles. The van der Waals surface area contributed by atoms with E-state index in [1.807, 2.05) is 36.8 Å². The molecule has 0 atom stereocenters. The van der Waals surface area contributed by atoms with Crippen LogP contribution in [-0.2, 0) is 6.54 Å². The quantitative estimate of drug-likeness (QED) is 0.421. The van der Waals surface area contributed by atoms with E-state index in [9.17, 15) is 4.39 Å². The van der Waals surface area contributed by atoms with Gasteiger partial charge in [0.15, 0.2) is 0 Å². The predicted octanol–water partition coefficient (Wildman–Crippen LogP) is 5.14. The molecule has 0 spiro atoms. The Morgan fingerprint density at radius 2 is 2.03 bits per heavy atom. The van der Waals surface area contributed by atoms with Gasteiger partial charge in [0.05, 0.1) is 11.0 Å². The van der Waals surface area contributed by atoms with Crippen LogP contribution in [0.2, 0.25) is 0 Å². The number of hydrogen-bond donors (Lipinski definition) is 2. The fourth-order valence-corrected chi connectivity index (χ4v) is 4.50. The molecule has 0 saturated carbocycles. The van der Waals surface area contributed by atoms with E-state index < -0.39 is 0 Å². The van der Waals surface area contributed by atoms with Crippen molar-refractivity contribution in [1.29, 1.82) is 0 Å². The van der Waals surface area contributed by atoms with Gasteiger partial charge in [-0.15, -0.1) is 0 Å². The predicted molar refractivity (Wildman–Crippen MR) is 126 cm³/mol. The lowest BCUT2D eigenvalue weighted by Gasteiger charge is -2.12. The van der Waals surface area contributed by atoms with E-state index >= 15 is 0 Å². The summed E-state index contributed by atoms with van der Waals surface area (Å²) >= 11 is 0. The van der Waals surface area contributed by atoms with E-state index in [2.05, 4.69) is 38.1 Å². The third-order valence-corrected chi connectivity index (χ3v) is 6.11. The number of hydrogen-bond acceptors (Lipinski definition) is 3. The van der Waals surface area contributed by atoms with Crippen molar-refractivity contribution in [3.8, 4) is 11.1 Å². The molecule has 5 aromatic rings. The second-order valence-electron chi connectivity index (χ2n) is 8.19. The van der Waals surface area contributed by atoms with Crippen LogP contribution < -0.4 is 5.32 Å². The highest BCUT2D eigenvalue weighted by molar-refractivity contribution is 5.96. The number of aromatic nitrogens is 4. The maximum absolute atomic E-state index is 13.6. The zero-order valence-electron chi connectivity index (χ0n) is 17.5. The second kappa shape index (κ2) is 7.73. The first-order valence-corrected chi connectivity index (χ1v) is 10.8. The molecule has 6 rings (SSSR count). The van der Waals surface area contributed by atoms with E-state index in [0.717, 1.165) is 64.0 Å². The molecule has 6 heteroatoms. The number of nitrogens with zero attached hydrogens (tertiary/aromatic N) is 3. The van der Waals surface area contributed by atoms with E-state index in [4.69, 9.17) is 4.98 Å². The third kappa shape index (κ3) is 3.39. The van der Waals surface area contributed by atoms with Crippen LogP contribution in [0, 0.1) is 5.82 Å². The Labute approximate surface area is 184 Å². The summed E-state index contributed by atoms with van der Waals surface area (Å²) in [6, 6.07) is 15.1. The Balaban J connectivity index is 1.42. The van der Waals surface area contributed by atoms with Gasteiger partial charge in [-0.2, -0.15) is 0 Å². The standard InChI is InChI=1S/C26H22FN5/c27-20-3-1-2-17(12-20)16-32-11-7-23-25(32)13-19(15-30-23)21-6-10-29-26-22(21)14-24(31-26)18-4-8-28-9-5-18/h1-4,6-7,10-15,28H,5,8-9,16H2,(H,29,31). The van der Waals surface area contributed by atoms with Gasteiger partial charge in [0, 0.05) is 48.3 Å². The highest BCUT2D eigenvalue weighted by Gasteiger charge is 2.14. The lowest BCUT2D eigenvalue weighted by Crippen LogP contribution is -2.20. The van der Waals surface area contributed by atoms with Gasteiger partial charge in [-0.25, -0.2) is 9.37 Å². The molecule has 1 aromatic carbocycles. The normalized spacial score (nSPS) is 14.2. The van der Waals surface area contributed by atoms with Gasteiger partial charge in [-0.1, -0.05) is 18.2 Å². The van der Waals surface area contributed by atoms with Crippen LogP contribution >= 0.6 is 0 Å². The Hall–Kier alpha value is -3.77. The average Bonchev–Trinajstić information content (AvgIpc) is 3.44. The van der Waals surface area contributed by atoms with Crippen LogP contribution in [0.15, 0.2) is 73.2 Å². The zero-order chi connectivity index (χ0) is 21.5. The maximum atomic E-state index is 13.6. The molecular weight excluding hydrogens is 401 g/mol. The van der Waals surface area contributed by atoms with Crippen molar-refractivity contribution >= 4 is 27.6 Å². The average molecular weight is 423 g/mol. The summed E-state index contributed by atoms with van der Waals surface area (Å²) in [4.78, 5) is 12.7. The summed E-state index contributed by atoms with van der Waals surface area (Å²) < 4.78 is 15.8. The van der Waals surface area contributed by atoms with E-state index in [1.54, 1.807) is 12.1 Å². The molecule has 4 aromatic heterocycles. The summed E-state index contributed by atoms with van der Waals surface area (Å²) in [5.74, 6) is -0.218. The largest absolute Gasteiger partial charge is 0.342 e. The number of halogens is 1. The molecule has 0 radical (unpaired) electrons. The highest BCUT2D eigenvalue weighted by Crippen LogP contribution is 2.32. The summed E-state index contributed by atoms with van der Waals surface area (Å²) in [6.07, 6.45) is 9.00. The van der Waals surface area contributed by atoms with Crippen molar-refractivity contribution in [1.82, 2.24) is 24.8 Å². The first-order valence-electron chi connectivity index (χ1n) is 10.8. The third-order valence-electron chi connectivity index (χ3n) is 6.11. The summed E-state index contributed by atoms with van der Waals surface area (Å²) in [7, 11) is 0. The van der Waals surface area contributed by atoms with Crippen LogP contribution in [0.1, 0.15) is 17.7 Å². The molecule has 0 amide bonds. The number of nitrogens with one attached hydrogen (secondary N) is 2. The van der Waals surface area contributed by atoms with Crippen LogP contribution in [0.5, 0.6) is 0 Å². The Morgan fingerprint density at radius 1 is 1.06 bits per heavy atom. The van der Waals surface area contributed by atoms with Crippen molar-refractivity contribution in [3.05, 3.63) is 90.3 Å². The fraction of sp³-hybridized carbons (Fsp3) is 0.154. The minimum absolute atomic E-state index is 0.218. The number of rotatable bonds is 4. The first-order chi connectivity index (χ1) is 15.7. The molecule has 0 fully saturated rings. The molecule has 158 valence electrons. The molecule has 1 aliphatic rings. The minimum Gasteiger partial charge on any atom is -0.342 e. The van der Waals surface area contributed by atoms with E-state index in [1.165, 1.54) is 11.6 Å². The van der Waals surface area contributed by atoms with Gasteiger partial charge in [0.2, 0.25) is 0 Å². The van der Waals surface area contributed by atoms with E-state index in [0.29, 0.717) is 6.54 Å². The Morgan fingerprint density at radius 3 is 2.91 bits per heavy atom. The maximum Gasteiger partial charge on any atom is 0.138 e. The van der Waals surface area contributed by atoms with Gasteiger partial charge in [0.1, 0.15) is 11.5 Å². The van der Waals surface area contributed by atoms with Crippen LogP contribution in [0.3, 0.4) is 0 Å².